The molecule has 0 unspecified atom stereocenters. The highest BCUT2D eigenvalue weighted by atomic mass is 32.1. The van der Waals surface area contributed by atoms with Crippen molar-refractivity contribution in [1.82, 2.24) is 4.98 Å². The molecule has 1 heterocycles. The van der Waals surface area contributed by atoms with Crippen molar-refractivity contribution in [3.8, 4) is 5.75 Å². The summed E-state index contributed by atoms with van der Waals surface area (Å²) in [4.78, 5) is 4.27. The summed E-state index contributed by atoms with van der Waals surface area (Å²) in [6.07, 6.45) is 0. The predicted molar refractivity (Wildman–Crippen MR) is 65.5 cm³/mol. The highest BCUT2D eigenvalue weighted by Gasteiger charge is 2.04. The highest BCUT2D eigenvalue weighted by molar-refractivity contribution is 7.79. The average molecular weight is 255 g/mol. The van der Waals surface area contributed by atoms with E-state index in [9.17, 15) is 4.39 Å². The van der Waals surface area contributed by atoms with Crippen molar-refractivity contribution >= 4 is 24.0 Å². The van der Waals surface area contributed by atoms with Crippen LogP contribution in [0.5, 0.6) is 5.75 Å². The fourth-order valence-electron chi connectivity index (χ4n) is 1.19. The third-order valence-electron chi connectivity index (χ3n) is 1.95. The molecule has 0 radical (unpaired) electrons. The molecule has 0 N–H and O–H groups in total. The normalized spacial score (nSPS) is 10.4. The number of hydrogen-bond acceptors (Lipinski definition) is 4. The summed E-state index contributed by atoms with van der Waals surface area (Å²) in [5.74, 6) is 0.509. The van der Waals surface area contributed by atoms with Gasteiger partial charge in [-0.05, 0) is 12.1 Å². The van der Waals surface area contributed by atoms with E-state index in [-0.39, 0.29) is 11.6 Å². The van der Waals surface area contributed by atoms with Crippen LogP contribution in [-0.4, -0.2) is 4.98 Å². The molecule has 0 bridgehead atoms. The lowest BCUT2D eigenvalue weighted by Crippen LogP contribution is -1.96. The molecule has 16 heavy (non-hydrogen) atoms. The molecular formula is C11H10FNOS2. The first-order chi connectivity index (χ1) is 7.79. The standard InChI is InChI=1S/C11H10FNOS2/c12-9-3-1-2-4-10(9)14-5-11-13-8(6-15)7-16-11/h1-4,7,15H,5-6H2. The van der Waals surface area contributed by atoms with Crippen molar-refractivity contribution in [3.05, 3.63) is 46.2 Å². The number of para-hydroxylation sites is 1. The fourth-order valence-corrected chi connectivity index (χ4v) is 2.18. The quantitative estimate of drug-likeness (QED) is 0.847. The Morgan fingerprint density at radius 3 is 2.88 bits per heavy atom. The molecule has 5 heteroatoms. The maximum Gasteiger partial charge on any atom is 0.165 e. The minimum atomic E-state index is -0.353. The maximum absolute atomic E-state index is 13.2. The third kappa shape index (κ3) is 2.74. The van der Waals surface area contributed by atoms with Crippen molar-refractivity contribution < 1.29 is 9.13 Å². The first-order valence-corrected chi connectivity index (χ1v) is 6.22. The molecule has 1 aromatic carbocycles. The van der Waals surface area contributed by atoms with Crippen LogP contribution in [0.2, 0.25) is 0 Å². The van der Waals surface area contributed by atoms with Crippen LogP contribution in [0.3, 0.4) is 0 Å². The second kappa shape index (κ2) is 5.32. The topological polar surface area (TPSA) is 22.1 Å². The number of nitrogens with zero attached hydrogens (tertiary/aromatic N) is 1. The average Bonchev–Trinajstić information content (AvgIpc) is 2.76. The number of rotatable bonds is 4. The molecule has 0 aliphatic carbocycles. The van der Waals surface area contributed by atoms with E-state index in [1.165, 1.54) is 17.4 Å². The van der Waals surface area contributed by atoms with Crippen LogP contribution >= 0.6 is 24.0 Å². The van der Waals surface area contributed by atoms with Gasteiger partial charge in [-0.15, -0.1) is 11.3 Å². The second-order valence-corrected chi connectivity index (χ2v) is 4.37. The summed E-state index contributed by atoms with van der Waals surface area (Å²) in [6.45, 7) is 0.291. The zero-order valence-corrected chi connectivity index (χ0v) is 10.1. The lowest BCUT2D eigenvalue weighted by molar-refractivity contribution is 0.289. The molecule has 0 spiro atoms. The molecular weight excluding hydrogens is 245 g/mol. The Balaban J connectivity index is 1.99. The summed E-state index contributed by atoms with van der Waals surface area (Å²) < 4.78 is 18.5. The van der Waals surface area contributed by atoms with E-state index in [1.807, 2.05) is 5.38 Å². The zero-order chi connectivity index (χ0) is 11.4. The number of thiol groups is 1. The fraction of sp³-hybridized carbons (Fsp3) is 0.182. The van der Waals surface area contributed by atoms with Gasteiger partial charge in [-0.2, -0.15) is 12.6 Å². The lowest BCUT2D eigenvalue weighted by Gasteiger charge is -2.04. The Labute approximate surface area is 103 Å². The van der Waals surface area contributed by atoms with Gasteiger partial charge in [0, 0.05) is 11.1 Å². The molecule has 0 saturated heterocycles. The molecule has 1 aromatic heterocycles. The molecule has 2 nitrogen and oxygen atoms in total. The Morgan fingerprint density at radius 1 is 1.38 bits per heavy atom. The van der Waals surface area contributed by atoms with Crippen LogP contribution in [-0.2, 0) is 12.4 Å². The molecule has 0 aliphatic rings. The predicted octanol–water partition coefficient (Wildman–Crippen LogP) is 3.29. The van der Waals surface area contributed by atoms with Gasteiger partial charge in [-0.25, -0.2) is 9.37 Å². The van der Waals surface area contributed by atoms with E-state index in [2.05, 4.69) is 17.6 Å². The van der Waals surface area contributed by atoms with Crippen molar-refractivity contribution in [2.24, 2.45) is 0 Å². The summed E-state index contributed by atoms with van der Waals surface area (Å²) in [5, 5.41) is 2.75. The van der Waals surface area contributed by atoms with Crippen LogP contribution in [0.1, 0.15) is 10.7 Å². The van der Waals surface area contributed by atoms with Gasteiger partial charge in [0.1, 0.15) is 11.6 Å². The van der Waals surface area contributed by atoms with Gasteiger partial charge in [0.05, 0.1) is 5.69 Å². The van der Waals surface area contributed by atoms with Crippen molar-refractivity contribution in [3.63, 3.8) is 0 Å². The number of thiazole rings is 1. The van der Waals surface area contributed by atoms with Gasteiger partial charge < -0.3 is 4.74 Å². The van der Waals surface area contributed by atoms with Crippen molar-refractivity contribution in [2.75, 3.05) is 0 Å². The molecule has 0 aliphatic heterocycles. The number of ether oxygens (including phenoxy) is 1. The van der Waals surface area contributed by atoms with Crippen LogP contribution in [0.25, 0.3) is 0 Å². The molecule has 0 amide bonds. The van der Waals surface area contributed by atoms with Gasteiger partial charge in [-0.3, -0.25) is 0 Å². The van der Waals surface area contributed by atoms with E-state index < -0.39 is 0 Å². The minimum absolute atomic E-state index is 0.255. The van der Waals surface area contributed by atoms with Gasteiger partial charge in [0.25, 0.3) is 0 Å². The van der Waals surface area contributed by atoms with E-state index in [0.717, 1.165) is 10.7 Å². The van der Waals surface area contributed by atoms with Crippen LogP contribution in [0.4, 0.5) is 4.39 Å². The first-order valence-electron chi connectivity index (χ1n) is 4.71. The number of benzene rings is 1. The highest BCUT2D eigenvalue weighted by Crippen LogP contribution is 2.18. The molecule has 0 atom stereocenters. The van der Waals surface area contributed by atoms with Gasteiger partial charge >= 0.3 is 0 Å². The Morgan fingerprint density at radius 2 is 2.19 bits per heavy atom. The van der Waals surface area contributed by atoms with Gasteiger partial charge in [0.15, 0.2) is 11.6 Å². The van der Waals surface area contributed by atoms with Gasteiger partial charge in [0.2, 0.25) is 0 Å². The zero-order valence-electron chi connectivity index (χ0n) is 8.39. The van der Waals surface area contributed by atoms with E-state index >= 15 is 0 Å². The monoisotopic (exact) mass is 255 g/mol. The Hall–Kier alpha value is -1.07. The second-order valence-electron chi connectivity index (χ2n) is 3.11. The number of aromatic nitrogens is 1. The smallest absolute Gasteiger partial charge is 0.165 e. The molecule has 0 fully saturated rings. The molecule has 2 aromatic rings. The minimum Gasteiger partial charge on any atom is -0.483 e. The summed E-state index contributed by atoms with van der Waals surface area (Å²) >= 11 is 5.61. The third-order valence-corrected chi connectivity index (χ3v) is 3.14. The van der Waals surface area contributed by atoms with Gasteiger partial charge in [-0.1, -0.05) is 12.1 Å². The van der Waals surface area contributed by atoms with E-state index in [1.54, 1.807) is 18.2 Å². The maximum atomic E-state index is 13.2. The molecule has 2 rings (SSSR count). The SMILES string of the molecule is Fc1ccccc1OCc1nc(CS)cs1. The summed E-state index contributed by atoms with van der Waals surface area (Å²) in [6, 6.07) is 6.34. The van der Waals surface area contributed by atoms with E-state index in [4.69, 9.17) is 4.74 Å². The van der Waals surface area contributed by atoms with Crippen molar-refractivity contribution in [2.45, 2.75) is 12.4 Å². The first kappa shape index (κ1) is 11.4. The Kier molecular flexibility index (Phi) is 3.79. The van der Waals surface area contributed by atoms with Crippen LogP contribution < -0.4 is 4.74 Å². The van der Waals surface area contributed by atoms with Crippen molar-refractivity contribution in [1.29, 1.82) is 0 Å². The largest absolute Gasteiger partial charge is 0.483 e. The lowest BCUT2D eigenvalue weighted by atomic mass is 10.3. The van der Waals surface area contributed by atoms with E-state index in [0.29, 0.717) is 12.4 Å². The Bertz CT molecular complexity index is 473. The molecule has 84 valence electrons. The van der Waals surface area contributed by atoms with Crippen LogP contribution in [0.15, 0.2) is 29.6 Å². The summed E-state index contributed by atoms with van der Waals surface area (Å²) in [7, 11) is 0. The number of halogens is 1. The summed E-state index contributed by atoms with van der Waals surface area (Å²) in [5.41, 5.74) is 0.917. The number of hydrogen-bond donors (Lipinski definition) is 1. The van der Waals surface area contributed by atoms with Crippen LogP contribution in [0, 0.1) is 5.82 Å². The molecule has 0 saturated carbocycles.